The molecule has 1 saturated carbocycles. The van der Waals surface area contributed by atoms with Gasteiger partial charge in [0.05, 0.1) is 5.69 Å². The summed E-state index contributed by atoms with van der Waals surface area (Å²) in [7, 11) is 0. The van der Waals surface area contributed by atoms with Crippen molar-refractivity contribution in [3.8, 4) is 11.3 Å². The molecule has 0 aliphatic heterocycles. The summed E-state index contributed by atoms with van der Waals surface area (Å²) in [6.45, 7) is 4.50. The van der Waals surface area contributed by atoms with Crippen molar-refractivity contribution >= 4 is 0 Å². The highest BCUT2D eigenvalue weighted by atomic mass is 14.7. The first-order valence-corrected chi connectivity index (χ1v) is 11.8. The van der Waals surface area contributed by atoms with Crippen molar-refractivity contribution in [2.24, 2.45) is 11.8 Å². The number of hydrogen-bond acceptors (Lipinski definition) is 1. The molecule has 1 aromatic carbocycles. The minimum absolute atomic E-state index is 0.936. The molecule has 2 atom stereocenters. The monoisotopic (exact) mass is 377 g/mol. The number of benzene rings is 1. The summed E-state index contributed by atoms with van der Waals surface area (Å²) in [6.07, 6.45) is 18.7. The molecule has 2 unspecified atom stereocenters. The van der Waals surface area contributed by atoms with E-state index in [0.29, 0.717) is 0 Å². The Bertz CT molecular complexity index is 670. The maximum atomic E-state index is 4.74. The van der Waals surface area contributed by atoms with Gasteiger partial charge < -0.3 is 0 Å². The lowest BCUT2D eigenvalue weighted by Crippen LogP contribution is -2.16. The Morgan fingerprint density at radius 2 is 1.57 bits per heavy atom. The zero-order valence-electron chi connectivity index (χ0n) is 18.1. The second kappa shape index (κ2) is 11.4. The smallest absolute Gasteiger partial charge is 0.0702 e. The minimum atomic E-state index is 0.936. The van der Waals surface area contributed by atoms with E-state index < -0.39 is 0 Å². The van der Waals surface area contributed by atoms with Gasteiger partial charge in [0, 0.05) is 11.8 Å². The van der Waals surface area contributed by atoms with Gasteiger partial charge in [-0.05, 0) is 54.7 Å². The topological polar surface area (TPSA) is 12.9 Å². The van der Waals surface area contributed by atoms with Crippen molar-refractivity contribution in [3.05, 3.63) is 53.7 Å². The first-order valence-electron chi connectivity index (χ1n) is 11.8. The highest BCUT2D eigenvalue weighted by molar-refractivity contribution is 5.59. The maximum Gasteiger partial charge on any atom is 0.0702 e. The van der Waals surface area contributed by atoms with Crippen LogP contribution in [0.4, 0.5) is 0 Å². The molecule has 0 bridgehead atoms. The molecule has 1 aromatic heterocycles. The molecule has 1 nitrogen and oxygen atoms in total. The van der Waals surface area contributed by atoms with Crippen molar-refractivity contribution in [2.75, 3.05) is 0 Å². The maximum absolute atomic E-state index is 4.74. The van der Waals surface area contributed by atoms with Crippen molar-refractivity contribution < 1.29 is 0 Å². The Balaban J connectivity index is 1.45. The molecule has 28 heavy (non-hydrogen) atoms. The van der Waals surface area contributed by atoms with E-state index in [1.807, 2.05) is 0 Å². The van der Waals surface area contributed by atoms with Gasteiger partial charge in [0.25, 0.3) is 0 Å². The predicted molar refractivity (Wildman–Crippen MR) is 122 cm³/mol. The van der Waals surface area contributed by atoms with Crippen LogP contribution < -0.4 is 0 Å². The molecule has 1 aliphatic carbocycles. The van der Waals surface area contributed by atoms with Crippen LogP contribution in [-0.2, 0) is 12.8 Å². The first kappa shape index (κ1) is 21.1. The van der Waals surface area contributed by atoms with Gasteiger partial charge in [0.15, 0.2) is 0 Å². The Kier molecular flexibility index (Phi) is 8.58. The third-order valence-corrected chi connectivity index (χ3v) is 6.68. The molecule has 0 radical (unpaired) electrons. The van der Waals surface area contributed by atoms with E-state index in [2.05, 4.69) is 56.4 Å². The second-order valence-electron chi connectivity index (χ2n) is 8.89. The summed E-state index contributed by atoms with van der Waals surface area (Å²) in [5, 5.41) is 0. The van der Waals surface area contributed by atoms with Crippen LogP contribution >= 0.6 is 0 Å². The lowest BCUT2D eigenvalue weighted by Gasteiger charge is -2.29. The quantitative estimate of drug-likeness (QED) is 0.382. The third-order valence-electron chi connectivity index (χ3n) is 6.68. The fraction of sp³-hybridized carbons (Fsp3) is 0.593. The van der Waals surface area contributed by atoms with Crippen LogP contribution in [0.3, 0.4) is 0 Å². The Labute approximate surface area is 173 Å². The van der Waals surface area contributed by atoms with E-state index in [9.17, 15) is 0 Å². The lowest BCUT2D eigenvalue weighted by molar-refractivity contribution is 0.239. The van der Waals surface area contributed by atoms with Crippen LogP contribution in [-0.4, -0.2) is 4.98 Å². The van der Waals surface area contributed by atoms with Gasteiger partial charge in [-0.2, -0.15) is 0 Å². The average Bonchev–Trinajstić information content (AvgIpc) is 2.76. The van der Waals surface area contributed by atoms with Gasteiger partial charge in [0.2, 0.25) is 0 Å². The molecule has 0 N–H and O–H groups in total. The van der Waals surface area contributed by atoms with E-state index >= 15 is 0 Å². The molecule has 1 fully saturated rings. The number of aryl methyl sites for hydroxylation is 2. The van der Waals surface area contributed by atoms with Gasteiger partial charge in [-0.15, -0.1) is 0 Å². The highest BCUT2D eigenvalue weighted by Crippen LogP contribution is 2.34. The standard InChI is InChI=1S/C27H39N/c1-3-5-6-7-9-23-10-8-11-24(20-23)12-13-25-16-19-27(28-21-25)26-17-14-22(4-2)15-18-26/h14-19,21,23-24H,3-13,20H2,1-2H3. The number of aromatic nitrogens is 1. The fourth-order valence-electron chi connectivity index (χ4n) is 4.81. The molecule has 0 amide bonds. The molecule has 1 aliphatic rings. The van der Waals surface area contributed by atoms with Crippen molar-refractivity contribution in [2.45, 2.75) is 90.9 Å². The zero-order chi connectivity index (χ0) is 19.6. The molecule has 0 saturated heterocycles. The van der Waals surface area contributed by atoms with Gasteiger partial charge >= 0.3 is 0 Å². The van der Waals surface area contributed by atoms with Gasteiger partial charge in [-0.1, -0.05) is 95.5 Å². The van der Waals surface area contributed by atoms with E-state index in [1.54, 1.807) is 0 Å². The summed E-state index contributed by atoms with van der Waals surface area (Å²) < 4.78 is 0. The number of nitrogens with zero attached hydrogens (tertiary/aromatic N) is 1. The van der Waals surface area contributed by atoms with E-state index in [4.69, 9.17) is 4.98 Å². The SMILES string of the molecule is CCCCCCC1CCCC(CCc2ccc(-c3ccc(CC)cc3)nc2)C1. The summed E-state index contributed by atoms with van der Waals surface area (Å²) in [4.78, 5) is 4.74. The number of hydrogen-bond donors (Lipinski definition) is 0. The fourth-order valence-corrected chi connectivity index (χ4v) is 4.81. The normalized spacial score (nSPS) is 19.6. The molecule has 2 aromatic rings. The number of unbranched alkanes of at least 4 members (excludes halogenated alkanes) is 3. The molecule has 1 heteroatoms. The summed E-state index contributed by atoms with van der Waals surface area (Å²) in [5.74, 6) is 1.94. The Morgan fingerprint density at radius 3 is 2.25 bits per heavy atom. The van der Waals surface area contributed by atoms with Crippen LogP contribution in [0.5, 0.6) is 0 Å². The summed E-state index contributed by atoms with van der Waals surface area (Å²) in [6, 6.07) is 13.3. The largest absolute Gasteiger partial charge is 0.256 e. The Morgan fingerprint density at radius 1 is 0.821 bits per heavy atom. The average molecular weight is 378 g/mol. The predicted octanol–water partition coefficient (Wildman–Crippen LogP) is 8.02. The van der Waals surface area contributed by atoms with E-state index in [-0.39, 0.29) is 0 Å². The van der Waals surface area contributed by atoms with Crippen molar-refractivity contribution in [1.82, 2.24) is 4.98 Å². The van der Waals surface area contributed by atoms with E-state index in [0.717, 1.165) is 24.0 Å². The molecular weight excluding hydrogens is 338 g/mol. The first-order chi connectivity index (χ1) is 13.8. The van der Waals surface area contributed by atoms with Crippen LogP contribution in [0.25, 0.3) is 11.3 Å². The van der Waals surface area contributed by atoms with Gasteiger partial charge in [-0.3, -0.25) is 4.98 Å². The number of pyridine rings is 1. The van der Waals surface area contributed by atoms with Crippen molar-refractivity contribution in [3.63, 3.8) is 0 Å². The molecule has 3 rings (SSSR count). The van der Waals surface area contributed by atoms with E-state index in [1.165, 1.54) is 87.3 Å². The lowest BCUT2D eigenvalue weighted by atomic mass is 9.77. The van der Waals surface area contributed by atoms with Crippen LogP contribution in [0, 0.1) is 11.8 Å². The summed E-state index contributed by atoms with van der Waals surface area (Å²) in [5.41, 5.74) is 5.11. The van der Waals surface area contributed by atoms with Crippen LogP contribution in [0.15, 0.2) is 42.6 Å². The van der Waals surface area contributed by atoms with Gasteiger partial charge in [0.1, 0.15) is 0 Å². The van der Waals surface area contributed by atoms with Crippen LogP contribution in [0.2, 0.25) is 0 Å². The summed E-state index contributed by atoms with van der Waals surface area (Å²) >= 11 is 0. The zero-order valence-corrected chi connectivity index (χ0v) is 18.1. The molecule has 152 valence electrons. The van der Waals surface area contributed by atoms with Crippen molar-refractivity contribution in [1.29, 1.82) is 0 Å². The Hall–Kier alpha value is -1.63. The number of rotatable bonds is 10. The van der Waals surface area contributed by atoms with Gasteiger partial charge in [-0.25, -0.2) is 0 Å². The molecule has 1 heterocycles. The minimum Gasteiger partial charge on any atom is -0.256 e. The molecular formula is C27H39N. The van der Waals surface area contributed by atoms with Crippen LogP contribution in [0.1, 0.15) is 89.2 Å². The third kappa shape index (κ3) is 6.47. The second-order valence-corrected chi connectivity index (χ2v) is 8.89. The highest BCUT2D eigenvalue weighted by Gasteiger charge is 2.21. The molecule has 0 spiro atoms.